The Morgan fingerprint density at radius 1 is 0.957 bits per heavy atom. The van der Waals surface area contributed by atoms with Gasteiger partial charge in [-0.2, -0.15) is 0 Å². The van der Waals surface area contributed by atoms with Crippen molar-refractivity contribution in [2.45, 2.75) is 43.3 Å². The zero-order valence-corrected chi connectivity index (χ0v) is 14.8. The Morgan fingerprint density at radius 2 is 1.52 bits per heavy atom. The Labute approximate surface area is 144 Å². The second-order valence-corrected chi connectivity index (χ2v) is 8.60. The zero-order valence-electron chi connectivity index (χ0n) is 14.0. The molecule has 2 heteroatoms. The summed E-state index contributed by atoms with van der Waals surface area (Å²) in [7, 11) is 0. The van der Waals surface area contributed by atoms with Gasteiger partial charge in [-0.25, -0.2) is 0 Å². The highest BCUT2D eigenvalue weighted by Gasteiger charge is 2.25. The first-order valence-corrected chi connectivity index (χ1v) is 8.78. The molecule has 120 valence electrons. The molecule has 0 aliphatic rings. The molecule has 0 fully saturated rings. The average molecular weight is 324 g/mol. The lowest BCUT2D eigenvalue weighted by Crippen LogP contribution is -2.28. The summed E-state index contributed by atoms with van der Waals surface area (Å²) in [5, 5.41) is 10.7. The highest BCUT2D eigenvalue weighted by molar-refractivity contribution is 8.01. The maximum Gasteiger partial charge on any atom is 0.127 e. The monoisotopic (exact) mass is 324 g/mol. The van der Waals surface area contributed by atoms with Crippen molar-refractivity contribution >= 4 is 11.8 Å². The summed E-state index contributed by atoms with van der Waals surface area (Å²) in [6.07, 6.45) is 0.160. The molecular weight excluding hydrogens is 300 g/mol. The molecule has 2 aromatic rings. The normalized spacial score (nSPS) is 13.7. The van der Waals surface area contributed by atoms with Crippen molar-refractivity contribution in [3.05, 3.63) is 71.8 Å². The van der Waals surface area contributed by atoms with Gasteiger partial charge < -0.3 is 5.11 Å². The summed E-state index contributed by atoms with van der Waals surface area (Å²) >= 11 is 1.79. The Balaban J connectivity index is 2.14. The van der Waals surface area contributed by atoms with Crippen LogP contribution in [0.4, 0.5) is 0 Å². The van der Waals surface area contributed by atoms with Crippen molar-refractivity contribution in [3.63, 3.8) is 0 Å². The molecule has 2 aromatic carbocycles. The fraction of sp³-hybridized carbons (Fsp3) is 0.333. The van der Waals surface area contributed by atoms with Crippen molar-refractivity contribution in [1.82, 2.24) is 0 Å². The fourth-order valence-corrected chi connectivity index (χ4v) is 3.67. The Bertz CT molecular complexity index is 647. The second kappa shape index (κ2) is 8.24. The van der Waals surface area contributed by atoms with Gasteiger partial charge in [0.2, 0.25) is 0 Å². The lowest BCUT2D eigenvalue weighted by molar-refractivity contribution is 0.228. The number of benzene rings is 2. The zero-order chi connectivity index (χ0) is 16.7. The summed E-state index contributed by atoms with van der Waals surface area (Å²) in [6, 6.07) is 20.1. The molecule has 1 N–H and O–H groups in total. The van der Waals surface area contributed by atoms with Gasteiger partial charge in [-0.05, 0) is 24.1 Å². The van der Waals surface area contributed by atoms with Crippen LogP contribution in [0.2, 0.25) is 0 Å². The molecule has 0 saturated heterocycles. The number of hydrogen-bond acceptors (Lipinski definition) is 2. The van der Waals surface area contributed by atoms with E-state index in [1.54, 1.807) is 11.8 Å². The number of thioether (sulfide) groups is 1. The van der Waals surface area contributed by atoms with E-state index in [0.29, 0.717) is 0 Å². The molecule has 0 unspecified atom stereocenters. The first-order valence-electron chi connectivity index (χ1n) is 7.90. The molecule has 0 heterocycles. The minimum absolute atomic E-state index is 0.0496. The lowest BCUT2D eigenvalue weighted by Gasteiger charge is -2.27. The van der Waals surface area contributed by atoms with Crippen molar-refractivity contribution in [2.75, 3.05) is 0 Å². The van der Waals surface area contributed by atoms with Crippen molar-refractivity contribution in [3.8, 4) is 11.8 Å². The molecule has 0 aliphatic heterocycles. The highest BCUT2D eigenvalue weighted by Crippen LogP contribution is 2.32. The van der Waals surface area contributed by atoms with Crippen LogP contribution in [-0.4, -0.2) is 21.2 Å². The van der Waals surface area contributed by atoms with Crippen LogP contribution in [0, 0.1) is 11.8 Å². The summed E-state index contributed by atoms with van der Waals surface area (Å²) in [5.41, 5.74) is 2.17. The molecule has 2 atom stereocenters. The second-order valence-electron chi connectivity index (χ2n) is 6.54. The van der Waals surface area contributed by atoms with Gasteiger partial charge in [0, 0.05) is 15.6 Å². The number of hydrogen-bond donors (Lipinski definition) is 1. The van der Waals surface area contributed by atoms with Crippen LogP contribution in [0.5, 0.6) is 0 Å². The van der Waals surface area contributed by atoms with E-state index in [4.69, 9.17) is 0 Å². The largest absolute Gasteiger partial charge is 0.379 e. The summed E-state index contributed by atoms with van der Waals surface area (Å²) in [4.78, 5) is 0. The van der Waals surface area contributed by atoms with Gasteiger partial charge in [0.25, 0.3) is 0 Å². The molecular formula is C21H24OS. The SMILES string of the molecule is CC(C)(C)S[C@@H](Cc1ccccc1)[C@H](O)C#Cc1ccccc1. The highest BCUT2D eigenvalue weighted by atomic mass is 32.2. The molecule has 0 aromatic heterocycles. The van der Waals surface area contributed by atoms with Crippen LogP contribution in [0.1, 0.15) is 31.9 Å². The third kappa shape index (κ3) is 6.52. The van der Waals surface area contributed by atoms with Crippen LogP contribution >= 0.6 is 11.8 Å². The molecule has 0 saturated carbocycles. The molecule has 0 aliphatic carbocycles. The van der Waals surface area contributed by atoms with Gasteiger partial charge in [-0.1, -0.05) is 81.1 Å². The fourth-order valence-electron chi connectivity index (χ4n) is 2.29. The van der Waals surface area contributed by atoms with E-state index in [2.05, 4.69) is 44.7 Å². The van der Waals surface area contributed by atoms with E-state index in [-0.39, 0.29) is 10.00 Å². The molecule has 0 amide bonds. The van der Waals surface area contributed by atoms with Crippen molar-refractivity contribution in [1.29, 1.82) is 0 Å². The standard InChI is InChI=1S/C21H24OS/c1-21(2,3)23-20(16-18-12-8-5-9-13-18)19(22)15-14-17-10-6-4-7-11-17/h4-13,19-20,22H,16H2,1-3H3/t19-,20+/m1/s1. The third-order valence-electron chi connectivity index (χ3n) is 3.27. The quantitative estimate of drug-likeness (QED) is 0.833. The van der Waals surface area contributed by atoms with Crippen LogP contribution in [-0.2, 0) is 6.42 Å². The molecule has 0 spiro atoms. The van der Waals surface area contributed by atoms with Gasteiger partial charge in [-0.3, -0.25) is 0 Å². The van der Waals surface area contributed by atoms with Gasteiger partial charge in [0.05, 0.1) is 0 Å². The first kappa shape index (κ1) is 17.7. The minimum Gasteiger partial charge on any atom is -0.379 e. The lowest BCUT2D eigenvalue weighted by atomic mass is 10.1. The van der Waals surface area contributed by atoms with E-state index in [1.165, 1.54) is 5.56 Å². The smallest absolute Gasteiger partial charge is 0.127 e. The van der Waals surface area contributed by atoms with E-state index in [0.717, 1.165) is 12.0 Å². The number of rotatable bonds is 4. The van der Waals surface area contributed by atoms with Gasteiger partial charge in [0.1, 0.15) is 6.10 Å². The van der Waals surface area contributed by atoms with E-state index >= 15 is 0 Å². The van der Waals surface area contributed by atoms with Crippen LogP contribution in [0.15, 0.2) is 60.7 Å². The first-order chi connectivity index (χ1) is 10.9. The minimum atomic E-state index is -0.653. The maximum absolute atomic E-state index is 10.6. The predicted molar refractivity (Wildman–Crippen MR) is 101 cm³/mol. The molecule has 0 radical (unpaired) electrons. The summed E-state index contributed by atoms with van der Waals surface area (Å²) in [5.74, 6) is 6.11. The van der Waals surface area contributed by atoms with Gasteiger partial charge in [0.15, 0.2) is 0 Å². The molecule has 0 bridgehead atoms. The van der Waals surface area contributed by atoms with Crippen molar-refractivity contribution < 1.29 is 5.11 Å². The van der Waals surface area contributed by atoms with E-state index < -0.39 is 6.10 Å². The molecule has 23 heavy (non-hydrogen) atoms. The van der Waals surface area contributed by atoms with E-state index in [1.807, 2.05) is 48.5 Å². The number of aliphatic hydroxyl groups is 1. The molecule has 1 nitrogen and oxygen atoms in total. The van der Waals surface area contributed by atoms with E-state index in [9.17, 15) is 5.11 Å². The maximum atomic E-state index is 10.6. The third-order valence-corrected chi connectivity index (χ3v) is 4.71. The Hall–Kier alpha value is -1.69. The van der Waals surface area contributed by atoms with Gasteiger partial charge >= 0.3 is 0 Å². The summed E-state index contributed by atoms with van der Waals surface area (Å²) < 4.78 is 0.0782. The van der Waals surface area contributed by atoms with Crippen molar-refractivity contribution in [2.24, 2.45) is 0 Å². The topological polar surface area (TPSA) is 20.2 Å². The van der Waals surface area contributed by atoms with Gasteiger partial charge in [-0.15, -0.1) is 11.8 Å². The Kier molecular flexibility index (Phi) is 6.33. The van der Waals surface area contributed by atoms with Crippen LogP contribution in [0.3, 0.4) is 0 Å². The summed E-state index contributed by atoms with van der Waals surface area (Å²) in [6.45, 7) is 6.52. The predicted octanol–water partition coefficient (Wildman–Crippen LogP) is 4.54. The Morgan fingerprint density at radius 3 is 2.09 bits per heavy atom. The van der Waals surface area contributed by atoms with Crippen LogP contribution in [0.25, 0.3) is 0 Å². The number of aliphatic hydroxyl groups excluding tert-OH is 1. The average Bonchev–Trinajstić information content (AvgIpc) is 2.53. The molecule has 2 rings (SSSR count). The van der Waals surface area contributed by atoms with Crippen LogP contribution < -0.4 is 0 Å².